The van der Waals surface area contributed by atoms with E-state index in [1.807, 2.05) is 0 Å². The van der Waals surface area contributed by atoms with Gasteiger partial charge in [-0.05, 0) is 0 Å². The first-order valence-electron chi connectivity index (χ1n) is 2.67. The van der Waals surface area contributed by atoms with Crippen molar-refractivity contribution in [3.8, 4) is 0 Å². The molecule has 0 fully saturated rings. The van der Waals surface area contributed by atoms with Gasteiger partial charge in [0.25, 0.3) is 0 Å². The van der Waals surface area contributed by atoms with E-state index in [0.29, 0.717) is 0 Å². The van der Waals surface area contributed by atoms with E-state index in [9.17, 15) is 14.4 Å². The molecule has 0 atom stereocenters. The van der Waals surface area contributed by atoms with Crippen molar-refractivity contribution < 1.29 is 14.4 Å². The van der Waals surface area contributed by atoms with Crippen LogP contribution >= 0.6 is 23.6 Å². The number of rotatable bonds is 0. The largest absolute Gasteiger partial charge is 0.355 e. The van der Waals surface area contributed by atoms with Crippen LogP contribution in [0, 0.1) is 0 Å². The summed E-state index contributed by atoms with van der Waals surface area (Å²) in [6.07, 6.45) is 0. The monoisotopic (exact) mass is 213 g/mol. The molecule has 0 rings (SSSR count). The van der Waals surface area contributed by atoms with Crippen LogP contribution in [0.25, 0.3) is 0 Å². The number of nitrogens with zero attached hydrogens (tertiary/aromatic N) is 1. The van der Waals surface area contributed by atoms with Crippen molar-refractivity contribution in [1.82, 2.24) is 14.6 Å². The number of nitrogens with one attached hydrogen (secondary N) is 2. The maximum atomic E-state index is 10.6. The van der Waals surface area contributed by atoms with Crippen molar-refractivity contribution in [3.05, 3.63) is 0 Å². The molecule has 12 heavy (non-hydrogen) atoms. The third-order valence-corrected chi connectivity index (χ3v) is 0.971. The number of carbonyl (C=O) groups is 3. The van der Waals surface area contributed by atoms with Crippen LogP contribution in [0.5, 0.6) is 0 Å². The molecule has 0 radical (unpaired) electrons. The quantitative estimate of drug-likeness (QED) is 0.578. The average molecular weight is 214 g/mol. The number of halogens is 2. The molecule has 6 nitrogen and oxygen atoms in total. The highest BCUT2D eigenvalue weighted by molar-refractivity contribution is 6.41. The van der Waals surface area contributed by atoms with Crippen molar-refractivity contribution in [3.63, 3.8) is 0 Å². The molecule has 0 aromatic rings. The zero-order valence-corrected chi connectivity index (χ0v) is 7.44. The fraction of sp³-hybridized carbons (Fsp3) is 0.250. The molecule has 0 aliphatic heterocycles. The van der Waals surface area contributed by atoms with E-state index in [2.05, 4.69) is 0 Å². The lowest BCUT2D eigenvalue weighted by molar-refractivity contribution is -0.117. The second kappa shape index (κ2) is 4.78. The van der Waals surface area contributed by atoms with Gasteiger partial charge in [0.2, 0.25) is 5.91 Å². The van der Waals surface area contributed by atoms with Gasteiger partial charge in [-0.25, -0.2) is 9.59 Å². The number of carbonyl (C=O) groups excluding carboxylic acids is 3. The molecule has 0 bridgehead atoms. The summed E-state index contributed by atoms with van der Waals surface area (Å²) in [5.74, 6) is -0.601. The molecule has 0 heterocycles. The van der Waals surface area contributed by atoms with Crippen LogP contribution in [0.4, 0.5) is 9.59 Å². The highest BCUT2D eigenvalue weighted by atomic mass is 35.5. The molecule has 0 aromatic carbocycles. The smallest absolute Gasteiger partial charge is 0.278 e. The summed E-state index contributed by atoms with van der Waals surface area (Å²) in [5, 5.41) is 3.44. The highest BCUT2D eigenvalue weighted by Crippen LogP contribution is 1.97. The minimum absolute atomic E-state index is 0.125. The lowest BCUT2D eigenvalue weighted by atomic mass is 10.7. The van der Waals surface area contributed by atoms with Gasteiger partial charge in [-0.1, -0.05) is 0 Å². The van der Waals surface area contributed by atoms with Gasteiger partial charge in [0, 0.05) is 30.5 Å². The standard InChI is InChI=1S/C4H5Cl2N3O3/c1-2(10)7-3(11)8-4(12)9(5)6/h1H3,(H2,7,8,10,11,12). The Hall–Kier alpha value is -1.01. The Bertz CT molecular complexity index is 218. The Balaban J connectivity index is 3.85. The predicted octanol–water partition coefficient (Wildman–Crippen LogP) is 0.562. The summed E-state index contributed by atoms with van der Waals surface area (Å²) >= 11 is 9.86. The molecule has 8 heteroatoms. The van der Waals surface area contributed by atoms with Crippen LogP contribution in [0.1, 0.15) is 6.92 Å². The topological polar surface area (TPSA) is 78.5 Å². The second-order valence-electron chi connectivity index (χ2n) is 1.67. The van der Waals surface area contributed by atoms with Gasteiger partial charge in [-0.3, -0.25) is 15.4 Å². The number of amides is 5. The molecular formula is C4H5Cl2N3O3. The molecule has 0 spiro atoms. The highest BCUT2D eigenvalue weighted by Gasteiger charge is 2.12. The summed E-state index contributed by atoms with van der Waals surface area (Å²) < 4.78 is 0.125. The summed E-state index contributed by atoms with van der Waals surface area (Å²) in [4.78, 5) is 31.3. The molecule has 0 aromatic heterocycles. The molecule has 2 N–H and O–H groups in total. The molecular weight excluding hydrogens is 209 g/mol. The van der Waals surface area contributed by atoms with Crippen LogP contribution < -0.4 is 10.6 Å². The van der Waals surface area contributed by atoms with Gasteiger partial charge < -0.3 is 0 Å². The second-order valence-corrected chi connectivity index (χ2v) is 2.52. The lowest BCUT2D eigenvalue weighted by Gasteiger charge is -2.04. The van der Waals surface area contributed by atoms with E-state index in [4.69, 9.17) is 23.6 Å². The van der Waals surface area contributed by atoms with Crippen molar-refractivity contribution in [1.29, 1.82) is 0 Å². The zero-order valence-electron chi connectivity index (χ0n) is 5.93. The minimum atomic E-state index is -1.04. The number of imide groups is 2. The number of urea groups is 2. The molecule has 0 aliphatic carbocycles. The lowest BCUT2D eigenvalue weighted by Crippen LogP contribution is -2.43. The van der Waals surface area contributed by atoms with Crippen molar-refractivity contribution in [2.24, 2.45) is 0 Å². The van der Waals surface area contributed by atoms with E-state index in [-0.39, 0.29) is 3.94 Å². The SMILES string of the molecule is CC(=O)NC(=O)NC(=O)N(Cl)Cl. The zero-order chi connectivity index (χ0) is 9.72. The number of hydrogen-bond donors (Lipinski definition) is 2. The van der Waals surface area contributed by atoms with Gasteiger partial charge in [0.1, 0.15) is 0 Å². The third kappa shape index (κ3) is 4.75. The molecule has 68 valence electrons. The fourth-order valence-electron chi connectivity index (χ4n) is 0.331. The molecule has 0 unspecified atom stereocenters. The molecule has 5 amide bonds. The van der Waals surface area contributed by atoms with Crippen LogP contribution in [0.2, 0.25) is 0 Å². The first-order chi connectivity index (χ1) is 5.43. The Morgan fingerprint density at radius 3 is 2.00 bits per heavy atom. The normalized spacial score (nSPS) is 8.58. The summed E-state index contributed by atoms with van der Waals surface area (Å²) in [6, 6.07) is -2.03. The van der Waals surface area contributed by atoms with Crippen molar-refractivity contribution in [2.75, 3.05) is 0 Å². The Kier molecular flexibility index (Phi) is 4.38. The van der Waals surface area contributed by atoms with Crippen LogP contribution in [0.3, 0.4) is 0 Å². The van der Waals surface area contributed by atoms with Gasteiger partial charge in [0.05, 0.1) is 0 Å². The Labute approximate surface area is 78.0 Å². The van der Waals surface area contributed by atoms with Crippen LogP contribution in [-0.2, 0) is 4.79 Å². The summed E-state index contributed by atoms with van der Waals surface area (Å²) in [6.45, 7) is 1.11. The average Bonchev–Trinajstić information content (AvgIpc) is 1.84. The van der Waals surface area contributed by atoms with Gasteiger partial charge in [0.15, 0.2) is 0 Å². The fourth-order valence-corrected chi connectivity index (χ4v) is 0.415. The maximum Gasteiger partial charge on any atom is 0.355 e. The van der Waals surface area contributed by atoms with E-state index >= 15 is 0 Å². The maximum absolute atomic E-state index is 10.6. The summed E-state index contributed by atoms with van der Waals surface area (Å²) in [7, 11) is 0. The minimum Gasteiger partial charge on any atom is -0.278 e. The van der Waals surface area contributed by atoms with Gasteiger partial charge in [-0.2, -0.15) is 0 Å². The van der Waals surface area contributed by atoms with Gasteiger partial charge in [-0.15, -0.1) is 3.94 Å². The molecule has 0 saturated heterocycles. The molecule has 0 aliphatic rings. The first kappa shape index (κ1) is 11.0. The Morgan fingerprint density at radius 1 is 1.17 bits per heavy atom. The van der Waals surface area contributed by atoms with E-state index in [0.717, 1.165) is 6.92 Å². The predicted molar refractivity (Wildman–Crippen MR) is 41.3 cm³/mol. The van der Waals surface area contributed by atoms with Crippen LogP contribution in [-0.4, -0.2) is 21.9 Å². The number of hydrogen-bond acceptors (Lipinski definition) is 3. The molecule has 0 saturated carbocycles. The van der Waals surface area contributed by atoms with Crippen LogP contribution in [0.15, 0.2) is 0 Å². The first-order valence-corrected chi connectivity index (χ1v) is 3.35. The van der Waals surface area contributed by atoms with Gasteiger partial charge >= 0.3 is 12.1 Å². The van der Waals surface area contributed by atoms with E-state index in [1.54, 1.807) is 10.6 Å². The van der Waals surface area contributed by atoms with E-state index in [1.165, 1.54) is 0 Å². The third-order valence-electron chi connectivity index (χ3n) is 0.664. The van der Waals surface area contributed by atoms with Crippen molar-refractivity contribution >= 4 is 41.5 Å². The van der Waals surface area contributed by atoms with E-state index < -0.39 is 18.0 Å². The van der Waals surface area contributed by atoms with Crippen molar-refractivity contribution in [2.45, 2.75) is 6.92 Å². The Morgan fingerprint density at radius 2 is 1.67 bits per heavy atom. The summed E-state index contributed by atoms with van der Waals surface area (Å²) in [5.41, 5.74) is 0.